The summed E-state index contributed by atoms with van der Waals surface area (Å²) < 4.78 is 5.16. The van der Waals surface area contributed by atoms with Crippen molar-refractivity contribution in [2.24, 2.45) is 0 Å². The van der Waals surface area contributed by atoms with Crippen molar-refractivity contribution in [1.29, 1.82) is 0 Å². The van der Waals surface area contributed by atoms with Crippen LogP contribution in [0, 0.1) is 0 Å². The number of aromatic nitrogens is 4. The second kappa shape index (κ2) is 8.58. The van der Waals surface area contributed by atoms with Crippen LogP contribution in [0.2, 0.25) is 0 Å². The lowest BCUT2D eigenvalue weighted by atomic mass is 10.1. The summed E-state index contributed by atoms with van der Waals surface area (Å²) >= 11 is 0. The van der Waals surface area contributed by atoms with Gasteiger partial charge < -0.3 is 15.4 Å². The smallest absolute Gasteiger partial charge is 0.244 e. The minimum absolute atomic E-state index is 0.500. The number of ether oxygens (including phenoxy) is 1. The van der Waals surface area contributed by atoms with E-state index in [1.54, 1.807) is 19.5 Å². The first-order chi connectivity index (χ1) is 12.3. The molecule has 2 heterocycles. The van der Waals surface area contributed by atoms with Crippen molar-refractivity contribution < 1.29 is 4.74 Å². The molecule has 0 radical (unpaired) electrons. The molecule has 0 fully saturated rings. The molecule has 2 N–H and O–H groups in total. The number of benzene rings is 1. The van der Waals surface area contributed by atoms with Gasteiger partial charge in [0, 0.05) is 12.7 Å². The van der Waals surface area contributed by atoms with Gasteiger partial charge in [-0.3, -0.25) is 4.98 Å². The lowest BCUT2D eigenvalue weighted by Gasteiger charge is -2.08. The largest absolute Gasteiger partial charge is 0.497 e. The predicted octanol–water partition coefficient (Wildman–Crippen LogP) is 2.54. The number of rotatable bonds is 8. The molecular weight excluding hydrogens is 316 g/mol. The van der Waals surface area contributed by atoms with Crippen LogP contribution in [0.4, 0.5) is 11.8 Å². The second-order valence-electron chi connectivity index (χ2n) is 5.36. The molecule has 0 spiro atoms. The van der Waals surface area contributed by atoms with Gasteiger partial charge in [-0.15, -0.1) is 5.10 Å². The van der Waals surface area contributed by atoms with Crippen molar-refractivity contribution in [3.63, 3.8) is 0 Å². The maximum atomic E-state index is 5.16. The van der Waals surface area contributed by atoms with Crippen LogP contribution in [0.5, 0.6) is 5.75 Å². The van der Waals surface area contributed by atoms with E-state index in [0.29, 0.717) is 18.3 Å². The van der Waals surface area contributed by atoms with Gasteiger partial charge in [0.1, 0.15) is 5.75 Å². The number of hydrogen-bond acceptors (Lipinski definition) is 7. The van der Waals surface area contributed by atoms with Crippen molar-refractivity contribution in [1.82, 2.24) is 20.2 Å². The molecule has 0 unspecified atom stereocenters. The van der Waals surface area contributed by atoms with Crippen LogP contribution in [0.15, 0.2) is 54.9 Å². The van der Waals surface area contributed by atoms with E-state index >= 15 is 0 Å². The van der Waals surface area contributed by atoms with E-state index in [2.05, 4.69) is 30.8 Å². The van der Waals surface area contributed by atoms with Crippen LogP contribution < -0.4 is 15.4 Å². The van der Waals surface area contributed by atoms with Gasteiger partial charge in [0.25, 0.3) is 0 Å². The molecule has 0 aliphatic carbocycles. The molecule has 7 nitrogen and oxygen atoms in total. The van der Waals surface area contributed by atoms with Gasteiger partial charge in [-0.25, -0.2) is 0 Å². The van der Waals surface area contributed by atoms with Crippen molar-refractivity contribution in [3.8, 4) is 5.75 Å². The summed E-state index contributed by atoms with van der Waals surface area (Å²) in [5.41, 5.74) is 2.15. The summed E-state index contributed by atoms with van der Waals surface area (Å²) in [5, 5.41) is 14.4. The molecule has 1 aromatic carbocycles. The molecule has 0 aliphatic rings. The Morgan fingerprint density at radius 3 is 2.68 bits per heavy atom. The van der Waals surface area contributed by atoms with E-state index in [0.717, 1.165) is 24.4 Å². The predicted molar refractivity (Wildman–Crippen MR) is 96.6 cm³/mol. The van der Waals surface area contributed by atoms with Crippen molar-refractivity contribution in [2.75, 3.05) is 24.3 Å². The van der Waals surface area contributed by atoms with E-state index < -0.39 is 0 Å². The summed E-state index contributed by atoms with van der Waals surface area (Å²) in [7, 11) is 1.66. The highest BCUT2D eigenvalue weighted by atomic mass is 16.5. The molecule has 0 amide bonds. The first-order valence-electron chi connectivity index (χ1n) is 8.04. The number of nitrogens with zero attached hydrogens (tertiary/aromatic N) is 4. The monoisotopic (exact) mass is 336 g/mol. The molecule has 0 aliphatic heterocycles. The van der Waals surface area contributed by atoms with Crippen molar-refractivity contribution in [2.45, 2.75) is 13.0 Å². The molecule has 25 heavy (non-hydrogen) atoms. The van der Waals surface area contributed by atoms with Gasteiger partial charge in [0.05, 0.1) is 25.5 Å². The van der Waals surface area contributed by atoms with E-state index in [9.17, 15) is 0 Å². The molecule has 3 rings (SSSR count). The van der Waals surface area contributed by atoms with E-state index in [4.69, 9.17) is 4.74 Å². The van der Waals surface area contributed by atoms with Crippen LogP contribution in [0.1, 0.15) is 11.3 Å². The molecular formula is C18H20N6O. The highest BCUT2D eigenvalue weighted by Gasteiger charge is 2.01. The van der Waals surface area contributed by atoms with E-state index in [1.165, 1.54) is 5.56 Å². The van der Waals surface area contributed by atoms with Gasteiger partial charge in [0.15, 0.2) is 5.82 Å². The lowest BCUT2D eigenvalue weighted by Crippen LogP contribution is -2.11. The number of hydrogen-bond donors (Lipinski definition) is 2. The van der Waals surface area contributed by atoms with Gasteiger partial charge in [0.2, 0.25) is 5.95 Å². The van der Waals surface area contributed by atoms with Gasteiger partial charge in [-0.1, -0.05) is 18.2 Å². The van der Waals surface area contributed by atoms with Crippen LogP contribution in [0.3, 0.4) is 0 Å². The Bertz CT molecular complexity index is 779. The van der Waals surface area contributed by atoms with E-state index in [-0.39, 0.29) is 0 Å². The number of nitrogens with one attached hydrogen (secondary N) is 2. The molecule has 128 valence electrons. The summed E-state index contributed by atoms with van der Waals surface area (Å²) in [6.45, 7) is 1.31. The SMILES string of the molecule is COc1ccc(CCNc2nncc(NCc3ccccn3)n2)cc1. The third kappa shape index (κ3) is 5.13. The molecule has 0 bridgehead atoms. The highest BCUT2D eigenvalue weighted by Crippen LogP contribution is 2.12. The average molecular weight is 336 g/mol. The fraction of sp³-hybridized carbons (Fsp3) is 0.222. The number of pyridine rings is 1. The fourth-order valence-electron chi connectivity index (χ4n) is 2.26. The third-order valence-electron chi connectivity index (χ3n) is 3.59. The molecule has 3 aromatic rings. The molecule has 0 saturated carbocycles. The Labute approximate surface area is 146 Å². The standard InChI is InChI=1S/C18H20N6O/c1-25-16-7-5-14(6-8-16)9-11-20-18-23-17(13-22-24-18)21-12-15-4-2-3-10-19-15/h2-8,10,13H,9,11-12H2,1H3,(H2,20,21,23,24). The lowest BCUT2D eigenvalue weighted by molar-refractivity contribution is 0.414. The molecule has 0 atom stereocenters. The van der Waals surface area contributed by atoms with Crippen LogP contribution in [0.25, 0.3) is 0 Å². The highest BCUT2D eigenvalue weighted by molar-refractivity contribution is 5.37. The maximum Gasteiger partial charge on any atom is 0.244 e. The zero-order valence-corrected chi connectivity index (χ0v) is 14.0. The zero-order valence-electron chi connectivity index (χ0n) is 14.0. The minimum Gasteiger partial charge on any atom is -0.497 e. The summed E-state index contributed by atoms with van der Waals surface area (Å²) in [6, 6.07) is 13.8. The first-order valence-corrected chi connectivity index (χ1v) is 8.04. The third-order valence-corrected chi connectivity index (χ3v) is 3.59. The Morgan fingerprint density at radius 2 is 1.92 bits per heavy atom. The summed E-state index contributed by atoms with van der Waals surface area (Å²) in [5.74, 6) is 2.02. The van der Waals surface area contributed by atoms with Gasteiger partial charge in [-0.2, -0.15) is 10.1 Å². The Morgan fingerprint density at radius 1 is 1.04 bits per heavy atom. The Kier molecular flexibility index (Phi) is 5.71. The number of methoxy groups -OCH3 is 1. The average Bonchev–Trinajstić information content (AvgIpc) is 2.68. The Hall–Kier alpha value is -3.22. The van der Waals surface area contributed by atoms with Crippen LogP contribution in [-0.2, 0) is 13.0 Å². The second-order valence-corrected chi connectivity index (χ2v) is 5.36. The van der Waals surface area contributed by atoms with Crippen molar-refractivity contribution in [3.05, 3.63) is 66.1 Å². The van der Waals surface area contributed by atoms with Crippen LogP contribution >= 0.6 is 0 Å². The van der Waals surface area contributed by atoms with Gasteiger partial charge in [-0.05, 0) is 36.2 Å². The quantitative estimate of drug-likeness (QED) is 0.654. The summed E-state index contributed by atoms with van der Waals surface area (Å²) in [4.78, 5) is 8.66. The Balaban J connectivity index is 1.49. The fourth-order valence-corrected chi connectivity index (χ4v) is 2.26. The van der Waals surface area contributed by atoms with Crippen molar-refractivity contribution >= 4 is 11.8 Å². The number of anilines is 2. The topological polar surface area (TPSA) is 84.9 Å². The van der Waals surface area contributed by atoms with Crippen LogP contribution in [-0.4, -0.2) is 33.8 Å². The maximum absolute atomic E-state index is 5.16. The molecule has 0 saturated heterocycles. The van der Waals surface area contributed by atoms with E-state index in [1.807, 2.05) is 42.5 Å². The summed E-state index contributed by atoms with van der Waals surface area (Å²) in [6.07, 6.45) is 4.22. The molecule has 7 heteroatoms. The first kappa shape index (κ1) is 16.6. The zero-order chi connectivity index (χ0) is 17.3. The normalized spacial score (nSPS) is 10.3. The van der Waals surface area contributed by atoms with Gasteiger partial charge >= 0.3 is 0 Å². The minimum atomic E-state index is 0.500. The molecule has 2 aromatic heterocycles.